The Labute approximate surface area is 124 Å². The second-order valence-electron chi connectivity index (χ2n) is 5.56. The highest BCUT2D eigenvalue weighted by atomic mass is 32.2. The van der Waals surface area contributed by atoms with Gasteiger partial charge in [-0.25, -0.2) is 13.1 Å². The van der Waals surface area contributed by atoms with Crippen molar-refractivity contribution in [1.29, 1.82) is 0 Å². The number of carbonyl (C=O) groups is 1. The normalized spacial score (nSPS) is 22.2. The van der Waals surface area contributed by atoms with Crippen molar-refractivity contribution >= 4 is 21.6 Å². The Bertz CT molecular complexity index is 635. The van der Waals surface area contributed by atoms with E-state index in [0.29, 0.717) is 5.69 Å². The van der Waals surface area contributed by atoms with E-state index in [1.54, 1.807) is 12.1 Å². The standard InChI is InChI=1S/C14H19N3O3S/c18-14(13-5-2-8-15-13)16-11-3-1-4-12(9-11)21(19,20)17-10-6-7-10/h1,3-4,9-10,13,15,17H,2,5-8H2,(H,16,18)/t13-/m0/s1. The first kappa shape index (κ1) is 14.5. The number of benzene rings is 1. The molecule has 3 N–H and O–H groups in total. The molecule has 3 rings (SSSR count). The Morgan fingerprint density at radius 3 is 2.71 bits per heavy atom. The monoisotopic (exact) mass is 309 g/mol. The Balaban J connectivity index is 1.71. The highest BCUT2D eigenvalue weighted by molar-refractivity contribution is 7.89. The first-order valence-electron chi connectivity index (χ1n) is 7.21. The molecule has 1 aliphatic carbocycles. The molecule has 1 aliphatic heterocycles. The molecular formula is C14H19N3O3S. The SMILES string of the molecule is O=C(Nc1cccc(S(=O)(=O)NC2CC2)c1)[C@@H]1CCCN1. The molecule has 1 amide bonds. The molecule has 1 saturated heterocycles. The fraction of sp³-hybridized carbons (Fsp3) is 0.500. The van der Waals surface area contributed by atoms with Crippen LogP contribution in [0.1, 0.15) is 25.7 Å². The number of rotatable bonds is 5. The molecule has 2 aliphatic rings. The minimum atomic E-state index is -3.49. The summed E-state index contributed by atoms with van der Waals surface area (Å²) in [4.78, 5) is 12.2. The van der Waals surface area contributed by atoms with Crippen molar-refractivity contribution in [2.45, 2.75) is 42.7 Å². The van der Waals surface area contributed by atoms with Crippen molar-refractivity contribution in [2.24, 2.45) is 0 Å². The van der Waals surface area contributed by atoms with Gasteiger partial charge in [0.1, 0.15) is 0 Å². The number of carbonyl (C=O) groups excluding carboxylic acids is 1. The molecule has 1 heterocycles. The van der Waals surface area contributed by atoms with E-state index in [9.17, 15) is 13.2 Å². The summed E-state index contributed by atoms with van der Waals surface area (Å²) in [6.45, 7) is 0.845. The Morgan fingerprint density at radius 2 is 2.05 bits per heavy atom. The summed E-state index contributed by atoms with van der Waals surface area (Å²) >= 11 is 0. The third kappa shape index (κ3) is 3.61. The number of nitrogens with one attached hydrogen (secondary N) is 3. The number of sulfonamides is 1. The summed E-state index contributed by atoms with van der Waals surface area (Å²) in [5.74, 6) is -0.114. The average molecular weight is 309 g/mol. The van der Waals surface area contributed by atoms with Crippen molar-refractivity contribution in [2.75, 3.05) is 11.9 Å². The molecule has 1 saturated carbocycles. The quantitative estimate of drug-likeness (QED) is 0.751. The smallest absolute Gasteiger partial charge is 0.241 e. The highest BCUT2D eigenvalue weighted by Gasteiger charge is 2.28. The molecule has 0 bridgehead atoms. The van der Waals surface area contributed by atoms with Gasteiger partial charge in [0, 0.05) is 11.7 Å². The second kappa shape index (κ2) is 5.75. The third-order valence-electron chi connectivity index (χ3n) is 3.69. The fourth-order valence-corrected chi connectivity index (χ4v) is 3.72. The van der Waals surface area contributed by atoms with Crippen LogP contribution in [0.3, 0.4) is 0 Å². The summed E-state index contributed by atoms with van der Waals surface area (Å²) in [7, 11) is -3.49. The van der Waals surface area contributed by atoms with Gasteiger partial charge in [0.2, 0.25) is 15.9 Å². The van der Waals surface area contributed by atoms with E-state index < -0.39 is 10.0 Å². The summed E-state index contributed by atoms with van der Waals surface area (Å²) in [5.41, 5.74) is 0.507. The third-order valence-corrected chi connectivity index (χ3v) is 5.21. The van der Waals surface area contributed by atoms with Crippen LogP contribution in [-0.4, -0.2) is 33.0 Å². The summed E-state index contributed by atoms with van der Waals surface area (Å²) in [6, 6.07) is 6.25. The lowest BCUT2D eigenvalue weighted by Gasteiger charge is -2.12. The van der Waals surface area contributed by atoms with Crippen LogP contribution < -0.4 is 15.4 Å². The van der Waals surface area contributed by atoms with Crippen molar-refractivity contribution in [1.82, 2.24) is 10.0 Å². The zero-order valence-corrected chi connectivity index (χ0v) is 12.4. The minimum absolute atomic E-state index is 0.0657. The van der Waals surface area contributed by atoms with E-state index in [1.807, 2.05) is 0 Å². The first-order chi connectivity index (χ1) is 10.0. The summed E-state index contributed by atoms with van der Waals surface area (Å²) in [6.07, 6.45) is 3.58. The van der Waals surface area contributed by atoms with Gasteiger partial charge in [-0.05, 0) is 50.4 Å². The van der Waals surface area contributed by atoms with Crippen LogP contribution in [0.2, 0.25) is 0 Å². The minimum Gasteiger partial charge on any atom is -0.325 e. The van der Waals surface area contributed by atoms with Crippen LogP contribution in [0.25, 0.3) is 0 Å². The molecule has 1 aromatic carbocycles. The second-order valence-corrected chi connectivity index (χ2v) is 7.28. The predicted molar refractivity (Wildman–Crippen MR) is 79.4 cm³/mol. The van der Waals surface area contributed by atoms with E-state index >= 15 is 0 Å². The Morgan fingerprint density at radius 1 is 1.24 bits per heavy atom. The molecule has 0 unspecified atom stereocenters. The first-order valence-corrected chi connectivity index (χ1v) is 8.69. The van der Waals surface area contributed by atoms with Crippen molar-refractivity contribution in [3.8, 4) is 0 Å². The molecule has 6 nitrogen and oxygen atoms in total. The molecule has 0 aromatic heterocycles. The molecule has 0 spiro atoms. The Hall–Kier alpha value is -1.44. The zero-order chi connectivity index (χ0) is 14.9. The van der Waals surface area contributed by atoms with Crippen LogP contribution >= 0.6 is 0 Å². The molecule has 21 heavy (non-hydrogen) atoms. The largest absolute Gasteiger partial charge is 0.325 e. The number of amides is 1. The maximum Gasteiger partial charge on any atom is 0.241 e. The lowest BCUT2D eigenvalue weighted by Crippen LogP contribution is -2.35. The van der Waals surface area contributed by atoms with Crippen LogP contribution in [0.15, 0.2) is 29.2 Å². The zero-order valence-electron chi connectivity index (χ0n) is 11.6. The Kier molecular flexibility index (Phi) is 3.97. The lowest BCUT2D eigenvalue weighted by molar-refractivity contribution is -0.117. The van der Waals surface area contributed by atoms with Crippen molar-refractivity contribution in [3.05, 3.63) is 24.3 Å². The van der Waals surface area contributed by atoms with Gasteiger partial charge in [0.15, 0.2) is 0 Å². The van der Waals surface area contributed by atoms with Crippen LogP contribution in [0, 0.1) is 0 Å². The maximum atomic E-state index is 12.1. The van der Waals surface area contributed by atoms with Crippen LogP contribution in [0.4, 0.5) is 5.69 Å². The van der Waals surface area contributed by atoms with E-state index in [4.69, 9.17) is 0 Å². The molecule has 1 aromatic rings. The topological polar surface area (TPSA) is 87.3 Å². The number of hydrogen-bond donors (Lipinski definition) is 3. The lowest BCUT2D eigenvalue weighted by atomic mass is 10.2. The van der Waals surface area contributed by atoms with Gasteiger partial charge < -0.3 is 10.6 Å². The highest BCUT2D eigenvalue weighted by Crippen LogP contribution is 2.23. The average Bonchev–Trinajstić information content (AvgIpc) is 3.08. The molecule has 0 radical (unpaired) electrons. The van der Waals surface area contributed by atoms with Crippen molar-refractivity contribution < 1.29 is 13.2 Å². The van der Waals surface area contributed by atoms with E-state index in [1.165, 1.54) is 12.1 Å². The van der Waals surface area contributed by atoms with Gasteiger partial charge in [-0.15, -0.1) is 0 Å². The molecule has 2 fully saturated rings. The van der Waals surface area contributed by atoms with Gasteiger partial charge in [-0.3, -0.25) is 4.79 Å². The molecule has 114 valence electrons. The maximum absolute atomic E-state index is 12.1. The van der Waals surface area contributed by atoms with Crippen LogP contribution in [0.5, 0.6) is 0 Å². The predicted octanol–water partition coefficient (Wildman–Crippen LogP) is 0.818. The van der Waals surface area contributed by atoms with Gasteiger partial charge in [-0.1, -0.05) is 6.07 Å². The van der Waals surface area contributed by atoms with Gasteiger partial charge in [0.25, 0.3) is 0 Å². The molecule has 7 heteroatoms. The van der Waals surface area contributed by atoms with E-state index in [-0.39, 0.29) is 22.9 Å². The summed E-state index contributed by atoms with van der Waals surface area (Å²) < 4.78 is 26.9. The number of hydrogen-bond acceptors (Lipinski definition) is 4. The summed E-state index contributed by atoms with van der Waals surface area (Å²) in [5, 5.41) is 5.88. The van der Waals surface area contributed by atoms with Gasteiger partial charge in [0.05, 0.1) is 10.9 Å². The van der Waals surface area contributed by atoms with E-state index in [0.717, 1.165) is 32.2 Å². The van der Waals surface area contributed by atoms with Crippen LogP contribution in [-0.2, 0) is 14.8 Å². The molecular weight excluding hydrogens is 290 g/mol. The number of anilines is 1. The fourth-order valence-electron chi connectivity index (χ4n) is 2.37. The van der Waals surface area contributed by atoms with Crippen molar-refractivity contribution in [3.63, 3.8) is 0 Å². The van der Waals surface area contributed by atoms with Gasteiger partial charge >= 0.3 is 0 Å². The van der Waals surface area contributed by atoms with E-state index in [2.05, 4.69) is 15.4 Å². The van der Waals surface area contributed by atoms with Gasteiger partial charge in [-0.2, -0.15) is 0 Å². The molecule has 1 atom stereocenters.